The monoisotopic (exact) mass is 578 g/mol. The van der Waals surface area contributed by atoms with Crippen molar-refractivity contribution in [2.45, 2.75) is 90.6 Å². The number of hydrogen-bond acceptors (Lipinski definition) is 1. The van der Waals surface area contributed by atoms with Crippen molar-refractivity contribution in [1.82, 2.24) is 0 Å². The lowest BCUT2D eigenvalue weighted by atomic mass is 9.63. The molecule has 0 amide bonds. The second-order valence-electron chi connectivity index (χ2n) is 12.3. The minimum Gasteiger partial charge on any atom is -0.486 e. The Balaban J connectivity index is 1.20. The fraction of sp³-hybridized carbons (Fsp3) is 0.459. The quantitative estimate of drug-likeness (QED) is 0.172. The molecule has 0 aromatic heterocycles. The van der Waals surface area contributed by atoms with Crippen molar-refractivity contribution in [3.8, 4) is 16.9 Å². The summed E-state index contributed by atoms with van der Waals surface area (Å²) < 4.78 is 65.0. The molecule has 5 heteroatoms. The Morgan fingerprint density at radius 1 is 0.762 bits per heavy atom. The molecule has 0 aliphatic heterocycles. The standard InChI is InChI=1S/C37H42F4O/c1-3-5-6-8-27-17-18-31(35(39)34(27)38)32-19-20-33(37(41)36(32)40)42-23-25-10-12-26(13-11-25)29-16-15-28-21-24(7-4-2)9-14-30(28)22-29/h3,5,10-13,17-20,24,28-30H,4,6-9,14-16,21-23H2,1-2H3/b5-3+. The Morgan fingerprint density at radius 3 is 2.19 bits per heavy atom. The molecule has 2 aliphatic carbocycles. The van der Waals surface area contributed by atoms with Crippen LogP contribution in [-0.2, 0) is 13.0 Å². The highest BCUT2D eigenvalue weighted by molar-refractivity contribution is 5.66. The van der Waals surface area contributed by atoms with Crippen molar-refractivity contribution in [3.63, 3.8) is 0 Å². The summed E-state index contributed by atoms with van der Waals surface area (Å²) in [6, 6.07) is 13.5. The van der Waals surface area contributed by atoms with Crippen molar-refractivity contribution >= 4 is 0 Å². The van der Waals surface area contributed by atoms with Gasteiger partial charge in [-0.2, -0.15) is 4.39 Å². The average molecular weight is 579 g/mol. The number of hydrogen-bond donors (Lipinski definition) is 0. The highest BCUT2D eigenvalue weighted by Crippen LogP contribution is 2.48. The highest BCUT2D eigenvalue weighted by atomic mass is 19.2. The van der Waals surface area contributed by atoms with Gasteiger partial charge in [-0.25, -0.2) is 13.2 Å². The van der Waals surface area contributed by atoms with Crippen LogP contribution in [-0.4, -0.2) is 0 Å². The van der Waals surface area contributed by atoms with E-state index in [1.54, 1.807) is 0 Å². The van der Waals surface area contributed by atoms with Gasteiger partial charge >= 0.3 is 0 Å². The fourth-order valence-electron chi connectivity index (χ4n) is 7.25. The Morgan fingerprint density at radius 2 is 1.45 bits per heavy atom. The van der Waals surface area contributed by atoms with Gasteiger partial charge in [-0.3, -0.25) is 0 Å². The molecule has 0 saturated heterocycles. The first-order valence-corrected chi connectivity index (χ1v) is 15.7. The van der Waals surface area contributed by atoms with E-state index in [1.165, 1.54) is 81.2 Å². The Labute approximate surface area is 248 Å². The van der Waals surface area contributed by atoms with Crippen molar-refractivity contribution in [3.05, 3.63) is 101 Å². The normalized spacial score (nSPS) is 22.3. The van der Waals surface area contributed by atoms with E-state index < -0.39 is 23.3 Å². The number of ether oxygens (including phenoxy) is 1. The summed E-state index contributed by atoms with van der Waals surface area (Å²) in [6.45, 7) is 4.22. The zero-order chi connectivity index (χ0) is 29.6. The van der Waals surface area contributed by atoms with Crippen LogP contribution in [0.3, 0.4) is 0 Å². The SMILES string of the molecule is C/C=C/CCc1ccc(-c2ccc(OCc3ccc(C4CCC5CC(CCC)CCC5C4)cc3)c(F)c2F)c(F)c1F. The number of aryl methyl sites for hydroxylation is 1. The van der Waals surface area contributed by atoms with E-state index in [9.17, 15) is 13.2 Å². The lowest BCUT2D eigenvalue weighted by Gasteiger charge is -2.42. The molecule has 3 aromatic carbocycles. The third-order valence-electron chi connectivity index (χ3n) is 9.58. The molecule has 0 heterocycles. The summed E-state index contributed by atoms with van der Waals surface area (Å²) in [4.78, 5) is 0. The first-order chi connectivity index (χ1) is 20.4. The number of rotatable bonds is 10. The van der Waals surface area contributed by atoms with Crippen molar-refractivity contribution in [1.29, 1.82) is 0 Å². The molecule has 0 spiro atoms. The van der Waals surface area contributed by atoms with E-state index in [4.69, 9.17) is 4.74 Å². The third kappa shape index (κ3) is 6.76. The van der Waals surface area contributed by atoms with Gasteiger partial charge in [0.1, 0.15) is 6.61 Å². The van der Waals surface area contributed by atoms with Gasteiger partial charge in [0.2, 0.25) is 5.82 Å². The molecule has 4 atom stereocenters. The molecule has 5 rings (SSSR count). The maximum absolute atomic E-state index is 15.0. The molecule has 0 radical (unpaired) electrons. The fourth-order valence-corrected chi connectivity index (χ4v) is 7.25. The lowest BCUT2D eigenvalue weighted by molar-refractivity contribution is 0.114. The maximum atomic E-state index is 15.0. The molecule has 2 saturated carbocycles. The zero-order valence-corrected chi connectivity index (χ0v) is 24.8. The number of benzene rings is 3. The van der Waals surface area contributed by atoms with Gasteiger partial charge < -0.3 is 4.74 Å². The van der Waals surface area contributed by atoms with E-state index in [1.807, 2.05) is 31.2 Å². The summed E-state index contributed by atoms with van der Waals surface area (Å²) in [5.74, 6) is -1.72. The van der Waals surface area contributed by atoms with Crippen LogP contribution in [0.5, 0.6) is 5.75 Å². The molecule has 4 unspecified atom stereocenters. The second-order valence-corrected chi connectivity index (χ2v) is 12.3. The van der Waals surface area contributed by atoms with Crippen LogP contribution >= 0.6 is 0 Å². The molecule has 224 valence electrons. The van der Waals surface area contributed by atoms with Crippen LogP contribution in [0, 0.1) is 41.0 Å². The summed E-state index contributed by atoms with van der Waals surface area (Å²) in [5.41, 5.74) is 1.75. The van der Waals surface area contributed by atoms with Crippen LogP contribution in [0.15, 0.2) is 60.7 Å². The van der Waals surface area contributed by atoms with Gasteiger partial charge in [-0.05, 0) is 104 Å². The molecule has 42 heavy (non-hydrogen) atoms. The van der Waals surface area contributed by atoms with Gasteiger partial charge in [0, 0.05) is 11.1 Å². The number of allylic oxidation sites excluding steroid dienone is 2. The van der Waals surface area contributed by atoms with E-state index in [0.29, 0.717) is 18.8 Å². The third-order valence-corrected chi connectivity index (χ3v) is 9.58. The summed E-state index contributed by atoms with van der Waals surface area (Å²) in [5, 5.41) is 0. The zero-order valence-electron chi connectivity index (χ0n) is 24.8. The lowest BCUT2D eigenvalue weighted by Crippen LogP contribution is -2.30. The maximum Gasteiger partial charge on any atom is 0.201 e. The van der Waals surface area contributed by atoms with Crippen molar-refractivity contribution < 1.29 is 22.3 Å². The predicted molar refractivity (Wildman–Crippen MR) is 161 cm³/mol. The Bertz CT molecular complexity index is 1380. The molecule has 0 bridgehead atoms. The minimum atomic E-state index is -1.26. The molecule has 3 aromatic rings. The smallest absolute Gasteiger partial charge is 0.201 e. The van der Waals surface area contributed by atoms with E-state index >= 15 is 4.39 Å². The summed E-state index contributed by atoms with van der Waals surface area (Å²) in [6.07, 6.45) is 15.2. The van der Waals surface area contributed by atoms with Crippen LogP contribution in [0.2, 0.25) is 0 Å². The largest absolute Gasteiger partial charge is 0.486 e. The van der Waals surface area contributed by atoms with Crippen LogP contribution in [0.4, 0.5) is 17.6 Å². The molecule has 1 nitrogen and oxygen atoms in total. The Hall–Kier alpha value is -3.08. The van der Waals surface area contributed by atoms with Crippen molar-refractivity contribution in [2.75, 3.05) is 0 Å². The van der Waals surface area contributed by atoms with Gasteiger partial charge in [0.25, 0.3) is 0 Å². The number of halogens is 4. The second kappa shape index (κ2) is 13.9. The molecule has 2 fully saturated rings. The predicted octanol–water partition coefficient (Wildman–Crippen LogP) is 11.1. The first-order valence-electron chi connectivity index (χ1n) is 15.7. The van der Waals surface area contributed by atoms with Crippen LogP contribution < -0.4 is 4.74 Å². The topological polar surface area (TPSA) is 9.23 Å². The highest BCUT2D eigenvalue weighted by Gasteiger charge is 2.35. The van der Waals surface area contributed by atoms with Gasteiger partial charge in [-0.15, -0.1) is 0 Å². The van der Waals surface area contributed by atoms with E-state index in [0.717, 1.165) is 23.3 Å². The molecular formula is C37H42F4O. The van der Waals surface area contributed by atoms with Crippen LogP contribution in [0.25, 0.3) is 11.1 Å². The van der Waals surface area contributed by atoms with Gasteiger partial charge in [0.15, 0.2) is 23.2 Å². The first kappa shape index (κ1) is 30.4. The summed E-state index contributed by atoms with van der Waals surface area (Å²) in [7, 11) is 0. The molecule has 2 aliphatic rings. The van der Waals surface area contributed by atoms with Gasteiger partial charge in [0.05, 0.1) is 0 Å². The van der Waals surface area contributed by atoms with Gasteiger partial charge in [-0.1, -0.05) is 74.7 Å². The minimum absolute atomic E-state index is 0.0774. The Kier molecular flexibility index (Phi) is 10.1. The molecule has 0 N–H and O–H groups in total. The van der Waals surface area contributed by atoms with E-state index in [2.05, 4.69) is 19.1 Å². The molecular weight excluding hydrogens is 536 g/mol. The van der Waals surface area contributed by atoms with E-state index in [-0.39, 0.29) is 29.0 Å². The van der Waals surface area contributed by atoms with Crippen molar-refractivity contribution in [2.24, 2.45) is 17.8 Å². The number of fused-ring (bicyclic) bond motifs is 1. The average Bonchev–Trinajstić information content (AvgIpc) is 3.01. The summed E-state index contributed by atoms with van der Waals surface area (Å²) >= 11 is 0. The van der Waals surface area contributed by atoms with Crippen LogP contribution in [0.1, 0.15) is 94.2 Å².